The minimum absolute atomic E-state index is 0.154. The molecule has 1 aliphatic rings. The Bertz CT molecular complexity index is 236. The van der Waals surface area contributed by atoms with Crippen LogP contribution in [0.3, 0.4) is 0 Å². The molecule has 0 aliphatic carbocycles. The lowest BCUT2D eigenvalue weighted by atomic mass is 10.0. The van der Waals surface area contributed by atoms with Gasteiger partial charge in [0.15, 0.2) is 0 Å². The van der Waals surface area contributed by atoms with Gasteiger partial charge in [-0.2, -0.15) is 0 Å². The van der Waals surface area contributed by atoms with E-state index >= 15 is 0 Å². The van der Waals surface area contributed by atoms with Crippen molar-refractivity contribution in [3.8, 4) is 0 Å². The quantitative estimate of drug-likeness (QED) is 0.584. The van der Waals surface area contributed by atoms with Gasteiger partial charge in [-0.25, -0.2) is 0 Å². The SMILES string of the molecule is C[C@@]1(Cc2ccccc2)CO1. The third-order valence-electron chi connectivity index (χ3n) is 2.06. The van der Waals surface area contributed by atoms with Crippen molar-refractivity contribution in [2.24, 2.45) is 0 Å². The lowest BCUT2D eigenvalue weighted by Gasteiger charge is -2.03. The fourth-order valence-electron chi connectivity index (χ4n) is 1.25. The third-order valence-corrected chi connectivity index (χ3v) is 2.06. The monoisotopic (exact) mass is 148 g/mol. The minimum Gasteiger partial charge on any atom is -0.370 e. The van der Waals surface area contributed by atoms with Crippen LogP contribution >= 0.6 is 0 Å². The van der Waals surface area contributed by atoms with Crippen molar-refractivity contribution in [3.05, 3.63) is 35.9 Å². The molecule has 0 amide bonds. The molecular formula is C10H12O. The average Bonchev–Trinajstić information content (AvgIpc) is 2.70. The maximum absolute atomic E-state index is 5.30. The van der Waals surface area contributed by atoms with E-state index in [1.807, 2.05) is 6.07 Å². The summed E-state index contributed by atoms with van der Waals surface area (Å²) in [6.07, 6.45) is 1.05. The van der Waals surface area contributed by atoms with Gasteiger partial charge in [0.05, 0.1) is 12.2 Å². The van der Waals surface area contributed by atoms with Gasteiger partial charge in [-0.3, -0.25) is 0 Å². The molecule has 1 aliphatic heterocycles. The summed E-state index contributed by atoms with van der Waals surface area (Å²) >= 11 is 0. The molecule has 11 heavy (non-hydrogen) atoms. The first kappa shape index (κ1) is 6.86. The van der Waals surface area contributed by atoms with Crippen molar-refractivity contribution in [2.75, 3.05) is 6.61 Å². The Hall–Kier alpha value is -0.820. The zero-order valence-electron chi connectivity index (χ0n) is 6.71. The minimum atomic E-state index is 0.154. The van der Waals surface area contributed by atoms with Crippen LogP contribution in [0.5, 0.6) is 0 Å². The second-order valence-corrected chi connectivity index (χ2v) is 3.40. The molecule has 0 bridgehead atoms. The molecule has 2 rings (SSSR count). The zero-order chi connectivity index (χ0) is 7.73. The molecule has 1 atom stereocenters. The first-order chi connectivity index (χ1) is 5.29. The second-order valence-electron chi connectivity index (χ2n) is 3.40. The molecule has 0 spiro atoms. The highest BCUT2D eigenvalue weighted by Crippen LogP contribution is 2.29. The van der Waals surface area contributed by atoms with E-state index < -0.39 is 0 Å². The molecule has 1 nitrogen and oxygen atoms in total. The molecule has 1 heteroatoms. The van der Waals surface area contributed by atoms with Gasteiger partial charge in [0.1, 0.15) is 0 Å². The number of benzene rings is 1. The Balaban J connectivity index is 2.07. The van der Waals surface area contributed by atoms with Crippen LogP contribution in [0.25, 0.3) is 0 Å². The van der Waals surface area contributed by atoms with Gasteiger partial charge in [0.2, 0.25) is 0 Å². The summed E-state index contributed by atoms with van der Waals surface area (Å²) in [5, 5.41) is 0. The van der Waals surface area contributed by atoms with Gasteiger partial charge in [-0.15, -0.1) is 0 Å². The van der Waals surface area contributed by atoms with E-state index in [4.69, 9.17) is 4.74 Å². The summed E-state index contributed by atoms with van der Waals surface area (Å²) in [4.78, 5) is 0. The van der Waals surface area contributed by atoms with Crippen molar-refractivity contribution in [3.63, 3.8) is 0 Å². The van der Waals surface area contributed by atoms with E-state index in [1.54, 1.807) is 0 Å². The largest absolute Gasteiger partial charge is 0.370 e. The van der Waals surface area contributed by atoms with E-state index in [-0.39, 0.29) is 5.60 Å². The highest BCUT2D eigenvalue weighted by Gasteiger charge is 2.38. The maximum Gasteiger partial charge on any atom is 0.0928 e. The van der Waals surface area contributed by atoms with Crippen LogP contribution < -0.4 is 0 Å². The van der Waals surface area contributed by atoms with Gasteiger partial charge in [0, 0.05) is 6.42 Å². The van der Waals surface area contributed by atoms with Crippen LogP contribution in [0, 0.1) is 0 Å². The van der Waals surface area contributed by atoms with Crippen molar-refractivity contribution in [1.29, 1.82) is 0 Å². The van der Waals surface area contributed by atoms with Crippen LogP contribution in [0.15, 0.2) is 30.3 Å². The number of epoxide rings is 1. The molecule has 0 saturated carbocycles. The van der Waals surface area contributed by atoms with Gasteiger partial charge in [-0.05, 0) is 12.5 Å². The molecule has 0 radical (unpaired) electrons. The highest BCUT2D eigenvalue weighted by molar-refractivity contribution is 5.18. The average molecular weight is 148 g/mol. The number of hydrogen-bond acceptors (Lipinski definition) is 1. The van der Waals surface area contributed by atoms with E-state index in [0.717, 1.165) is 13.0 Å². The molecule has 0 aromatic heterocycles. The Kier molecular flexibility index (Phi) is 1.46. The molecule has 0 N–H and O–H groups in total. The first-order valence-corrected chi connectivity index (χ1v) is 3.96. The fraction of sp³-hybridized carbons (Fsp3) is 0.400. The van der Waals surface area contributed by atoms with Gasteiger partial charge < -0.3 is 4.74 Å². The predicted molar refractivity (Wildman–Crippen MR) is 44.5 cm³/mol. The van der Waals surface area contributed by atoms with Gasteiger partial charge in [-0.1, -0.05) is 30.3 Å². The third kappa shape index (κ3) is 1.60. The maximum atomic E-state index is 5.30. The summed E-state index contributed by atoms with van der Waals surface area (Å²) < 4.78 is 5.30. The van der Waals surface area contributed by atoms with Crippen molar-refractivity contribution < 1.29 is 4.74 Å². The molecule has 1 fully saturated rings. The topological polar surface area (TPSA) is 12.5 Å². The van der Waals surface area contributed by atoms with Crippen LogP contribution in [0.4, 0.5) is 0 Å². The van der Waals surface area contributed by atoms with Gasteiger partial charge >= 0.3 is 0 Å². The number of rotatable bonds is 2. The Morgan fingerprint density at radius 3 is 2.55 bits per heavy atom. The second kappa shape index (κ2) is 2.35. The highest BCUT2D eigenvalue weighted by atomic mass is 16.6. The predicted octanol–water partition coefficient (Wildman–Crippen LogP) is 2.02. The van der Waals surface area contributed by atoms with E-state index in [1.165, 1.54) is 5.56 Å². The van der Waals surface area contributed by atoms with Crippen LogP contribution in [0.2, 0.25) is 0 Å². The smallest absolute Gasteiger partial charge is 0.0928 e. The lowest BCUT2D eigenvalue weighted by Crippen LogP contribution is -2.08. The summed E-state index contributed by atoms with van der Waals surface area (Å²) in [7, 11) is 0. The summed E-state index contributed by atoms with van der Waals surface area (Å²) in [5.74, 6) is 0. The zero-order valence-corrected chi connectivity index (χ0v) is 6.71. The van der Waals surface area contributed by atoms with Crippen LogP contribution in [-0.2, 0) is 11.2 Å². The number of ether oxygens (including phenoxy) is 1. The number of hydrogen-bond donors (Lipinski definition) is 0. The summed E-state index contributed by atoms with van der Waals surface area (Å²) in [6.45, 7) is 3.07. The summed E-state index contributed by atoms with van der Waals surface area (Å²) in [6, 6.07) is 10.5. The Morgan fingerprint density at radius 1 is 1.36 bits per heavy atom. The standard InChI is InChI=1S/C10H12O/c1-10(8-11-10)7-9-5-3-2-4-6-9/h2-6H,7-8H2,1H3/t10-/m1/s1. The molecule has 1 saturated heterocycles. The van der Waals surface area contributed by atoms with Crippen LogP contribution in [0.1, 0.15) is 12.5 Å². The molecule has 0 unspecified atom stereocenters. The van der Waals surface area contributed by atoms with Gasteiger partial charge in [0.25, 0.3) is 0 Å². The Morgan fingerprint density at radius 2 is 2.00 bits per heavy atom. The van der Waals surface area contributed by atoms with Crippen molar-refractivity contribution in [1.82, 2.24) is 0 Å². The van der Waals surface area contributed by atoms with E-state index in [0.29, 0.717) is 0 Å². The fourth-order valence-corrected chi connectivity index (χ4v) is 1.25. The molecular weight excluding hydrogens is 136 g/mol. The molecule has 1 aromatic carbocycles. The molecule has 1 aromatic rings. The van der Waals surface area contributed by atoms with Crippen molar-refractivity contribution >= 4 is 0 Å². The molecule has 58 valence electrons. The van der Waals surface area contributed by atoms with E-state index in [9.17, 15) is 0 Å². The Labute approximate surface area is 67.0 Å². The van der Waals surface area contributed by atoms with Crippen molar-refractivity contribution in [2.45, 2.75) is 18.9 Å². The lowest BCUT2D eigenvalue weighted by molar-refractivity contribution is 0.322. The summed E-state index contributed by atoms with van der Waals surface area (Å²) in [5.41, 5.74) is 1.52. The van der Waals surface area contributed by atoms with Crippen LogP contribution in [-0.4, -0.2) is 12.2 Å². The normalized spacial score (nSPS) is 28.5. The first-order valence-electron chi connectivity index (χ1n) is 3.96. The van der Waals surface area contributed by atoms with E-state index in [2.05, 4.69) is 31.2 Å². The molecule has 1 heterocycles.